The Labute approximate surface area is 224 Å². The highest BCUT2D eigenvalue weighted by molar-refractivity contribution is 7.21. The van der Waals surface area contributed by atoms with Gasteiger partial charge in [0.15, 0.2) is 0 Å². The number of fused-ring (bicyclic) bond motifs is 1. The molecule has 2 aromatic heterocycles. The van der Waals surface area contributed by atoms with Crippen molar-refractivity contribution >= 4 is 56.3 Å². The number of carbonyl (C=O) groups excluding carboxylic acids is 1. The minimum Gasteiger partial charge on any atom is -0.397 e. The summed E-state index contributed by atoms with van der Waals surface area (Å²) < 4.78 is 0. The minimum atomic E-state index is -0.135. The molecule has 0 aliphatic carbocycles. The molecule has 0 saturated carbocycles. The van der Waals surface area contributed by atoms with Crippen LogP contribution in [0.5, 0.6) is 0 Å². The van der Waals surface area contributed by atoms with Crippen LogP contribution >= 0.6 is 22.9 Å². The number of hydrogen-bond donors (Lipinski definition) is 2. The van der Waals surface area contributed by atoms with Crippen molar-refractivity contribution in [3.05, 3.63) is 69.6 Å². The second-order valence-electron chi connectivity index (χ2n) is 9.42. The van der Waals surface area contributed by atoms with Crippen LogP contribution in [-0.4, -0.2) is 42.0 Å². The van der Waals surface area contributed by atoms with E-state index in [0.29, 0.717) is 63.5 Å². The number of nitrogens with two attached hydrogens (primary N) is 2. The number of thiophene rings is 1. The van der Waals surface area contributed by atoms with Crippen molar-refractivity contribution in [2.75, 3.05) is 42.5 Å². The number of nitrogens with zero attached hydrogens (tertiary/aromatic N) is 4. The molecule has 0 bridgehead atoms. The summed E-state index contributed by atoms with van der Waals surface area (Å²) in [6.07, 6.45) is 0. The van der Waals surface area contributed by atoms with Crippen LogP contribution in [0.2, 0.25) is 5.02 Å². The number of nitrogen functional groups attached to an aromatic ring is 2. The lowest BCUT2D eigenvalue weighted by atomic mass is 9.94. The van der Waals surface area contributed by atoms with Crippen LogP contribution in [0.25, 0.3) is 21.3 Å². The average Bonchev–Trinajstić information content (AvgIpc) is 3.23. The summed E-state index contributed by atoms with van der Waals surface area (Å²) in [5.41, 5.74) is 17.1. The maximum Gasteiger partial charge on any atom is 0.266 e. The van der Waals surface area contributed by atoms with E-state index in [1.807, 2.05) is 53.4 Å². The monoisotopic (exact) mass is 530 g/mol. The first kappa shape index (κ1) is 24.9. The predicted molar refractivity (Wildman–Crippen MR) is 152 cm³/mol. The van der Waals surface area contributed by atoms with E-state index in [1.165, 1.54) is 16.9 Å². The molecule has 1 aliphatic heterocycles. The van der Waals surface area contributed by atoms with Crippen LogP contribution in [-0.2, 0) is 0 Å². The average molecular weight is 531 g/mol. The Balaban J connectivity index is 1.49. The first-order valence-electron chi connectivity index (χ1n) is 12.1. The van der Waals surface area contributed by atoms with Crippen molar-refractivity contribution in [1.82, 2.24) is 9.88 Å². The van der Waals surface area contributed by atoms with Gasteiger partial charge in [-0.3, -0.25) is 4.79 Å². The van der Waals surface area contributed by atoms with Crippen molar-refractivity contribution < 1.29 is 4.79 Å². The Kier molecular flexibility index (Phi) is 6.67. The van der Waals surface area contributed by atoms with Gasteiger partial charge in [0.1, 0.15) is 27.2 Å². The molecule has 0 unspecified atom stereocenters. The zero-order valence-electron chi connectivity index (χ0n) is 20.7. The van der Waals surface area contributed by atoms with E-state index in [9.17, 15) is 10.1 Å². The van der Waals surface area contributed by atoms with Gasteiger partial charge in [-0.25, -0.2) is 4.98 Å². The first-order valence-corrected chi connectivity index (χ1v) is 13.3. The molecular weight excluding hydrogens is 504 g/mol. The summed E-state index contributed by atoms with van der Waals surface area (Å²) in [5.74, 6) is 0.375. The van der Waals surface area contributed by atoms with Crippen LogP contribution in [0.3, 0.4) is 0 Å². The van der Waals surface area contributed by atoms with E-state index in [2.05, 4.69) is 29.8 Å². The molecule has 1 amide bonds. The Morgan fingerprint density at radius 1 is 1.11 bits per heavy atom. The fourth-order valence-corrected chi connectivity index (χ4v) is 6.01. The molecule has 1 saturated heterocycles. The van der Waals surface area contributed by atoms with Gasteiger partial charge in [0.05, 0.1) is 5.69 Å². The quantitative estimate of drug-likeness (QED) is 0.348. The van der Waals surface area contributed by atoms with E-state index < -0.39 is 0 Å². The molecule has 0 radical (unpaired) electrons. The number of amides is 1. The number of piperazine rings is 1. The summed E-state index contributed by atoms with van der Waals surface area (Å²) in [6.45, 7) is 6.75. The van der Waals surface area contributed by atoms with Crippen LogP contribution in [0.15, 0.2) is 48.5 Å². The summed E-state index contributed by atoms with van der Waals surface area (Å²) in [4.78, 5) is 23.0. The van der Waals surface area contributed by atoms with E-state index in [1.54, 1.807) is 0 Å². The lowest BCUT2D eigenvalue weighted by Gasteiger charge is -2.36. The zero-order valence-corrected chi connectivity index (χ0v) is 22.2. The molecule has 2 aromatic carbocycles. The SMILES string of the molecule is CC(C)c1ccc(-c2c(C#N)c(N)nc3sc(C(=O)N4CCN(c5cccc(Cl)c5)CC4)c(N)c23)cc1. The highest BCUT2D eigenvalue weighted by atomic mass is 35.5. The number of aromatic nitrogens is 1. The van der Waals surface area contributed by atoms with Crippen LogP contribution in [0.1, 0.15) is 40.6 Å². The van der Waals surface area contributed by atoms with Gasteiger partial charge in [-0.15, -0.1) is 11.3 Å². The predicted octanol–water partition coefficient (Wildman–Crippen LogP) is 5.74. The van der Waals surface area contributed by atoms with Crippen LogP contribution in [0, 0.1) is 11.3 Å². The number of nitriles is 1. The largest absolute Gasteiger partial charge is 0.397 e. The van der Waals surface area contributed by atoms with Crippen molar-refractivity contribution in [3.63, 3.8) is 0 Å². The topological polar surface area (TPSA) is 112 Å². The molecule has 188 valence electrons. The summed E-state index contributed by atoms with van der Waals surface area (Å²) >= 11 is 7.38. The Morgan fingerprint density at radius 3 is 2.43 bits per heavy atom. The zero-order chi connectivity index (χ0) is 26.3. The van der Waals surface area contributed by atoms with Gasteiger partial charge in [-0.05, 0) is 35.2 Å². The highest BCUT2D eigenvalue weighted by Crippen LogP contribution is 2.43. The number of anilines is 3. The molecule has 7 nitrogen and oxygen atoms in total. The molecule has 0 atom stereocenters. The third-order valence-corrected chi connectivity index (χ3v) is 8.14. The Hall–Kier alpha value is -3.80. The molecule has 9 heteroatoms. The lowest BCUT2D eigenvalue weighted by Crippen LogP contribution is -2.48. The fraction of sp³-hybridized carbons (Fsp3) is 0.250. The molecule has 0 spiro atoms. The molecule has 3 heterocycles. The van der Waals surface area contributed by atoms with Crippen LogP contribution < -0.4 is 16.4 Å². The second kappa shape index (κ2) is 9.92. The normalized spacial score (nSPS) is 13.8. The number of carbonyl (C=O) groups is 1. The molecule has 37 heavy (non-hydrogen) atoms. The summed E-state index contributed by atoms with van der Waals surface area (Å²) in [6, 6.07) is 17.9. The number of benzene rings is 2. The maximum absolute atomic E-state index is 13.6. The van der Waals surface area contributed by atoms with Crippen molar-refractivity contribution in [2.24, 2.45) is 0 Å². The smallest absolute Gasteiger partial charge is 0.266 e. The number of pyridine rings is 1. The van der Waals surface area contributed by atoms with E-state index in [4.69, 9.17) is 23.1 Å². The number of halogens is 1. The number of rotatable bonds is 4. The standard InChI is InChI=1S/C28H27ClN6OS/c1-16(2)17-6-8-18(9-7-17)22-21(15-30)26(32)33-27-23(22)24(31)25(37-27)28(36)35-12-10-34(11-13-35)20-5-3-4-19(29)14-20/h3-9,14,16H,10-13,31H2,1-2H3,(H2,32,33). The van der Waals surface area contributed by atoms with Gasteiger partial charge < -0.3 is 21.3 Å². The fourth-order valence-electron chi connectivity index (χ4n) is 4.75. The van der Waals surface area contributed by atoms with Gasteiger partial charge >= 0.3 is 0 Å². The molecular formula is C28H27ClN6OS. The minimum absolute atomic E-state index is 0.133. The maximum atomic E-state index is 13.6. The van der Waals surface area contributed by atoms with Gasteiger partial charge in [0, 0.05) is 47.8 Å². The summed E-state index contributed by atoms with van der Waals surface area (Å²) in [5, 5.41) is 11.2. The molecule has 5 rings (SSSR count). The third-order valence-electron chi connectivity index (χ3n) is 6.82. The van der Waals surface area contributed by atoms with Crippen molar-refractivity contribution in [1.29, 1.82) is 5.26 Å². The van der Waals surface area contributed by atoms with E-state index >= 15 is 0 Å². The van der Waals surface area contributed by atoms with E-state index in [-0.39, 0.29) is 17.3 Å². The summed E-state index contributed by atoms with van der Waals surface area (Å²) in [7, 11) is 0. The highest BCUT2D eigenvalue weighted by Gasteiger charge is 2.29. The van der Waals surface area contributed by atoms with E-state index in [0.717, 1.165) is 11.3 Å². The lowest BCUT2D eigenvalue weighted by molar-refractivity contribution is 0.0752. The molecule has 4 N–H and O–H groups in total. The first-order chi connectivity index (χ1) is 17.8. The van der Waals surface area contributed by atoms with Crippen molar-refractivity contribution in [3.8, 4) is 17.2 Å². The van der Waals surface area contributed by atoms with Gasteiger partial charge in [-0.2, -0.15) is 5.26 Å². The Morgan fingerprint density at radius 2 is 1.81 bits per heavy atom. The van der Waals surface area contributed by atoms with Gasteiger partial charge in [-0.1, -0.05) is 55.8 Å². The number of hydrogen-bond acceptors (Lipinski definition) is 7. The molecule has 1 fully saturated rings. The van der Waals surface area contributed by atoms with Crippen molar-refractivity contribution in [2.45, 2.75) is 19.8 Å². The molecule has 4 aromatic rings. The van der Waals surface area contributed by atoms with Gasteiger partial charge in [0.25, 0.3) is 5.91 Å². The Bertz CT molecular complexity index is 1530. The van der Waals surface area contributed by atoms with Crippen LogP contribution in [0.4, 0.5) is 17.2 Å². The molecule has 1 aliphatic rings. The van der Waals surface area contributed by atoms with Gasteiger partial charge in [0.2, 0.25) is 0 Å². The second-order valence-corrected chi connectivity index (χ2v) is 10.9. The third kappa shape index (κ3) is 4.57.